The normalized spacial score (nSPS) is 11.5. The van der Waals surface area contributed by atoms with Gasteiger partial charge in [0.1, 0.15) is 0 Å². The van der Waals surface area contributed by atoms with Crippen LogP contribution in [-0.4, -0.2) is 18.0 Å². The van der Waals surface area contributed by atoms with Crippen LogP contribution in [0.2, 0.25) is 4.34 Å². The molecule has 0 saturated carbocycles. The summed E-state index contributed by atoms with van der Waals surface area (Å²) in [5.74, 6) is 0. The van der Waals surface area contributed by atoms with Gasteiger partial charge >= 0.3 is 6.03 Å². The van der Waals surface area contributed by atoms with Gasteiger partial charge in [0.2, 0.25) is 0 Å². The lowest BCUT2D eigenvalue weighted by molar-refractivity contribution is 0.203. The number of benzene rings is 1. The summed E-state index contributed by atoms with van der Waals surface area (Å²) < 4.78 is 0.706. The van der Waals surface area contributed by atoms with Crippen LogP contribution in [0.15, 0.2) is 36.4 Å². The molecule has 114 valence electrons. The molecule has 0 spiro atoms. The minimum absolute atomic E-state index is 0.0992. The Hall–Kier alpha value is -2.03. The summed E-state index contributed by atoms with van der Waals surface area (Å²) in [7, 11) is 1.72. The lowest BCUT2D eigenvalue weighted by Gasteiger charge is -2.21. The van der Waals surface area contributed by atoms with Crippen molar-refractivity contribution in [1.82, 2.24) is 10.2 Å². The number of thiophene rings is 1. The zero-order valence-electron chi connectivity index (χ0n) is 12.3. The molecule has 2 aromatic rings. The Labute approximate surface area is 138 Å². The fourth-order valence-electron chi connectivity index (χ4n) is 2.01. The standard InChI is InChI=1S/C16H16ClN3OS/c1-11(14-6-7-15(17)22-14)19-16(21)20(2)10-13-5-3-4-12(8-13)9-18/h3-8,11H,10H2,1-2H3,(H,19,21). The van der Waals surface area contributed by atoms with Gasteiger partial charge in [-0.2, -0.15) is 5.26 Å². The molecule has 1 aromatic carbocycles. The van der Waals surface area contributed by atoms with Crippen LogP contribution < -0.4 is 5.32 Å². The lowest BCUT2D eigenvalue weighted by atomic mass is 10.1. The van der Waals surface area contributed by atoms with Gasteiger partial charge in [0.25, 0.3) is 0 Å². The van der Waals surface area contributed by atoms with Crippen molar-refractivity contribution < 1.29 is 4.79 Å². The molecular weight excluding hydrogens is 318 g/mol. The topological polar surface area (TPSA) is 56.1 Å². The van der Waals surface area contributed by atoms with E-state index in [9.17, 15) is 4.79 Å². The van der Waals surface area contributed by atoms with Gasteiger partial charge in [-0.1, -0.05) is 23.7 Å². The molecule has 1 N–H and O–H groups in total. The van der Waals surface area contributed by atoms with Gasteiger partial charge in [-0.15, -0.1) is 11.3 Å². The first-order chi connectivity index (χ1) is 10.5. The van der Waals surface area contributed by atoms with Crippen molar-refractivity contribution in [3.63, 3.8) is 0 Å². The Morgan fingerprint density at radius 3 is 2.86 bits per heavy atom. The minimum Gasteiger partial charge on any atom is -0.331 e. The Morgan fingerprint density at radius 2 is 2.23 bits per heavy atom. The third-order valence-electron chi connectivity index (χ3n) is 3.18. The number of carbonyl (C=O) groups excluding carboxylic acids is 1. The quantitative estimate of drug-likeness (QED) is 0.912. The third-order valence-corrected chi connectivity index (χ3v) is 4.60. The van der Waals surface area contributed by atoms with Crippen LogP contribution in [0.25, 0.3) is 0 Å². The largest absolute Gasteiger partial charge is 0.331 e. The number of amides is 2. The van der Waals surface area contributed by atoms with Crippen LogP contribution >= 0.6 is 22.9 Å². The molecule has 1 atom stereocenters. The molecule has 2 amide bonds. The molecule has 0 fully saturated rings. The van der Waals surface area contributed by atoms with Crippen molar-refractivity contribution in [2.45, 2.75) is 19.5 Å². The molecule has 4 nitrogen and oxygen atoms in total. The fourth-order valence-corrected chi connectivity index (χ4v) is 3.08. The number of rotatable bonds is 4. The molecule has 2 rings (SSSR count). The van der Waals surface area contributed by atoms with Gasteiger partial charge in [0.05, 0.1) is 22.0 Å². The monoisotopic (exact) mass is 333 g/mol. The molecule has 6 heteroatoms. The molecule has 0 bridgehead atoms. The highest BCUT2D eigenvalue weighted by atomic mass is 35.5. The molecule has 0 radical (unpaired) electrons. The van der Waals surface area contributed by atoms with Crippen LogP contribution in [0.4, 0.5) is 4.79 Å². The van der Waals surface area contributed by atoms with Crippen LogP contribution in [-0.2, 0) is 6.54 Å². The van der Waals surface area contributed by atoms with Gasteiger partial charge in [0, 0.05) is 18.5 Å². The number of carbonyl (C=O) groups is 1. The molecule has 0 aliphatic rings. The molecule has 0 aliphatic carbocycles. The first kappa shape index (κ1) is 16.3. The number of nitrogens with zero attached hydrogens (tertiary/aromatic N) is 2. The summed E-state index contributed by atoms with van der Waals surface area (Å²) in [6.45, 7) is 2.36. The van der Waals surface area contributed by atoms with Crippen LogP contribution in [0.1, 0.15) is 29.0 Å². The Morgan fingerprint density at radius 1 is 1.45 bits per heavy atom. The van der Waals surface area contributed by atoms with E-state index >= 15 is 0 Å². The number of urea groups is 1. The maximum Gasteiger partial charge on any atom is 0.317 e. The molecular formula is C16H16ClN3OS. The number of hydrogen-bond donors (Lipinski definition) is 1. The van der Waals surface area contributed by atoms with Gasteiger partial charge < -0.3 is 10.2 Å². The van der Waals surface area contributed by atoms with Crippen LogP contribution in [0.3, 0.4) is 0 Å². The van der Waals surface area contributed by atoms with Crippen LogP contribution in [0.5, 0.6) is 0 Å². The number of hydrogen-bond acceptors (Lipinski definition) is 3. The van der Waals surface area contributed by atoms with E-state index in [1.54, 1.807) is 24.1 Å². The van der Waals surface area contributed by atoms with E-state index in [0.717, 1.165) is 10.4 Å². The summed E-state index contributed by atoms with van der Waals surface area (Å²) in [4.78, 5) is 14.8. The maximum atomic E-state index is 12.2. The molecule has 0 aliphatic heterocycles. The van der Waals surface area contributed by atoms with Crippen LogP contribution in [0, 0.1) is 11.3 Å². The van der Waals surface area contributed by atoms with E-state index in [2.05, 4.69) is 11.4 Å². The highest BCUT2D eigenvalue weighted by molar-refractivity contribution is 7.16. The average molecular weight is 334 g/mol. The Balaban J connectivity index is 1.95. The zero-order chi connectivity index (χ0) is 16.1. The highest BCUT2D eigenvalue weighted by Gasteiger charge is 2.15. The predicted octanol–water partition coefficient (Wildman–Crippen LogP) is 4.18. The summed E-state index contributed by atoms with van der Waals surface area (Å²) in [5, 5.41) is 11.8. The maximum absolute atomic E-state index is 12.2. The summed E-state index contributed by atoms with van der Waals surface area (Å²) in [6.07, 6.45) is 0. The van der Waals surface area contributed by atoms with E-state index in [4.69, 9.17) is 16.9 Å². The van der Waals surface area contributed by atoms with Crippen molar-refractivity contribution in [1.29, 1.82) is 5.26 Å². The number of halogens is 1. The van der Waals surface area contributed by atoms with Crippen molar-refractivity contribution in [2.24, 2.45) is 0 Å². The second kappa shape index (κ2) is 7.30. The Bertz CT molecular complexity index is 707. The SMILES string of the molecule is CC(NC(=O)N(C)Cc1cccc(C#N)c1)c1ccc(Cl)s1. The van der Waals surface area contributed by atoms with Gasteiger partial charge in [-0.25, -0.2) is 4.79 Å². The van der Waals surface area contributed by atoms with E-state index in [0.29, 0.717) is 16.4 Å². The molecule has 0 saturated heterocycles. The van der Waals surface area contributed by atoms with Gasteiger partial charge in [0.15, 0.2) is 0 Å². The zero-order valence-corrected chi connectivity index (χ0v) is 13.9. The summed E-state index contributed by atoms with van der Waals surface area (Å²) >= 11 is 7.36. The van der Waals surface area contributed by atoms with Crippen molar-refractivity contribution >= 4 is 29.0 Å². The number of nitriles is 1. The smallest absolute Gasteiger partial charge is 0.317 e. The second-order valence-electron chi connectivity index (χ2n) is 4.98. The first-order valence-electron chi connectivity index (χ1n) is 6.75. The van der Waals surface area contributed by atoms with E-state index in [1.165, 1.54) is 11.3 Å². The average Bonchev–Trinajstić information content (AvgIpc) is 2.94. The summed E-state index contributed by atoms with van der Waals surface area (Å²) in [6, 6.07) is 12.8. The third kappa shape index (κ3) is 4.23. The van der Waals surface area contributed by atoms with Crippen molar-refractivity contribution in [3.8, 4) is 6.07 Å². The minimum atomic E-state index is -0.167. The van der Waals surface area contributed by atoms with Crippen molar-refractivity contribution in [3.05, 3.63) is 56.7 Å². The van der Waals surface area contributed by atoms with E-state index in [1.807, 2.05) is 31.2 Å². The number of nitrogens with one attached hydrogen (secondary N) is 1. The predicted molar refractivity (Wildman–Crippen MR) is 88.9 cm³/mol. The molecule has 22 heavy (non-hydrogen) atoms. The Kier molecular flexibility index (Phi) is 5.42. The fraction of sp³-hybridized carbons (Fsp3) is 0.250. The second-order valence-corrected chi connectivity index (χ2v) is 6.73. The molecule has 1 unspecified atom stereocenters. The van der Waals surface area contributed by atoms with E-state index in [-0.39, 0.29) is 12.1 Å². The highest BCUT2D eigenvalue weighted by Crippen LogP contribution is 2.26. The summed E-state index contributed by atoms with van der Waals surface area (Å²) in [5.41, 5.74) is 1.51. The van der Waals surface area contributed by atoms with E-state index < -0.39 is 0 Å². The van der Waals surface area contributed by atoms with Gasteiger partial charge in [-0.05, 0) is 36.8 Å². The lowest BCUT2D eigenvalue weighted by Crippen LogP contribution is -2.37. The first-order valence-corrected chi connectivity index (χ1v) is 7.95. The molecule has 1 heterocycles. The van der Waals surface area contributed by atoms with Gasteiger partial charge in [-0.3, -0.25) is 0 Å². The van der Waals surface area contributed by atoms with Crippen molar-refractivity contribution in [2.75, 3.05) is 7.05 Å². The molecule has 1 aromatic heterocycles.